The molecule has 1 atom stereocenters. The van der Waals surface area contributed by atoms with E-state index in [0.29, 0.717) is 6.54 Å². The van der Waals surface area contributed by atoms with E-state index in [4.69, 9.17) is 0 Å². The third kappa shape index (κ3) is 4.61. The molecule has 120 valence electrons. The van der Waals surface area contributed by atoms with Crippen LogP contribution in [0.2, 0.25) is 0 Å². The summed E-state index contributed by atoms with van der Waals surface area (Å²) in [4.78, 5) is 38.2. The van der Waals surface area contributed by atoms with Gasteiger partial charge in [0.05, 0.1) is 0 Å². The minimum absolute atomic E-state index is 0.0335. The Kier molecular flexibility index (Phi) is 6.45. The van der Waals surface area contributed by atoms with Gasteiger partial charge >= 0.3 is 12.0 Å². The van der Waals surface area contributed by atoms with Crippen molar-refractivity contribution >= 4 is 17.9 Å². The lowest BCUT2D eigenvalue weighted by atomic mass is 10.2. The van der Waals surface area contributed by atoms with Crippen molar-refractivity contribution < 1.29 is 19.5 Å². The lowest BCUT2D eigenvalue weighted by molar-refractivity contribution is -0.144. The first-order valence-corrected chi connectivity index (χ1v) is 7.45. The van der Waals surface area contributed by atoms with Gasteiger partial charge in [0.2, 0.25) is 5.91 Å². The highest BCUT2D eigenvalue weighted by Crippen LogP contribution is 2.13. The molecule has 0 aromatic carbocycles. The summed E-state index contributed by atoms with van der Waals surface area (Å²) in [5.41, 5.74) is 0. The number of carbonyl (C=O) groups is 3. The number of hydrogen-bond acceptors (Lipinski definition) is 3. The molecule has 0 radical (unpaired) electrons. The normalized spacial score (nSPS) is 18.6. The smallest absolute Gasteiger partial charge is 0.328 e. The number of aliphatic carboxylic acids is 1. The molecule has 7 nitrogen and oxygen atoms in total. The van der Waals surface area contributed by atoms with Crippen LogP contribution in [0.25, 0.3) is 0 Å². The molecule has 7 heteroatoms. The SMILES string of the molecule is CCCCCN(C(=O)N1CC(=O)NCC1C(=O)O)C(C)C. The van der Waals surface area contributed by atoms with Crippen LogP contribution in [0.15, 0.2) is 0 Å². The average molecular weight is 299 g/mol. The molecule has 0 aromatic rings. The van der Waals surface area contributed by atoms with E-state index < -0.39 is 12.0 Å². The third-order valence-electron chi connectivity index (χ3n) is 3.59. The topological polar surface area (TPSA) is 90.0 Å². The highest BCUT2D eigenvalue weighted by Gasteiger charge is 2.37. The number of unbranched alkanes of at least 4 members (excludes halogenated alkanes) is 2. The summed E-state index contributed by atoms with van der Waals surface area (Å²) in [7, 11) is 0. The number of carbonyl (C=O) groups excluding carboxylic acids is 2. The number of amides is 3. The first kappa shape index (κ1) is 17.3. The Labute approximate surface area is 125 Å². The summed E-state index contributed by atoms with van der Waals surface area (Å²) in [5, 5.41) is 11.7. The maximum Gasteiger partial charge on any atom is 0.328 e. The van der Waals surface area contributed by atoms with Crippen LogP contribution < -0.4 is 5.32 Å². The monoisotopic (exact) mass is 299 g/mol. The van der Waals surface area contributed by atoms with Crippen molar-refractivity contribution in [1.29, 1.82) is 0 Å². The highest BCUT2D eigenvalue weighted by molar-refractivity contribution is 5.90. The van der Waals surface area contributed by atoms with Gasteiger partial charge in [-0.25, -0.2) is 9.59 Å². The summed E-state index contributed by atoms with van der Waals surface area (Å²) in [5.74, 6) is -1.42. The van der Waals surface area contributed by atoms with Crippen molar-refractivity contribution in [3.05, 3.63) is 0 Å². The number of piperazine rings is 1. The van der Waals surface area contributed by atoms with E-state index >= 15 is 0 Å². The molecule has 0 aliphatic carbocycles. The van der Waals surface area contributed by atoms with Crippen molar-refractivity contribution in [2.24, 2.45) is 0 Å². The highest BCUT2D eigenvalue weighted by atomic mass is 16.4. The molecule has 0 spiro atoms. The Bertz CT molecular complexity index is 398. The Balaban J connectivity index is 2.82. The Morgan fingerprint density at radius 2 is 2.10 bits per heavy atom. The van der Waals surface area contributed by atoms with Crippen LogP contribution in [-0.2, 0) is 9.59 Å². The molecule has 0 aromatic heterocycles. The van der Waals surface area contributed by atoms with E-state index in [0.717, 1.165) is 24.2 Å². The number of carboxylic acid groups (broad SMARTS) is 1. The van der Waals surface area contributed by atoms with E-state index in [-0.39, 0.29) is 31.1 Å². The molecule has 1 heterocycles. The van der Waals surface area contributed by atoms with E-state index in [9.17, 15) is 19.5 Å². The fraction of sp³-hybridized carbons (Fsp3) is 0.786. The van der Waals surface area contributed by atoms with Gasteiger partial charge in [0.15, 0.2) is 0 Å². The Morgan fingerprint density at radius 3 is 2.62 bits per heavy atom. The summed E-state index contributed by atoms with van der Waals surface area (Å²) < 4.78 is 0. The molecule has 21 heavy (non-hydrogen) atoms. The van der Waals surface area contributed by atoms with E-state index in [2.05, 4.69) is 12.2 Å². The first-order valence-electron chi connectivity index (χ1n) is 7.45. The van der Waals surface area contributed by atoms with Gasteiger partial charge in [-0.05, 0) is 20.3 Å². The van der Waals surface area contributed by atoms with Gasteiger partial charge in [-0.2, -0.15) is 0 Å². The second-order valence-electron chi connectivity index (χ2n) is 5.56. The zero-order valence-electron chi connectivity index (χ0n) is 13.0. The quantitative estimate of drug-likeness (QED) is 0.713. The molecule has 0 saturated carbocycles. The van der Waals surface area contributed by atoms with Gasteiger partial charge in [0, 0.05) is 19.1 Å². The zero-order chi connectivity index (χ0) is 16.0. The van der Waals surface area contributed by atoms with Crippen LogP contribution in [0.1, 0.15) is 40.0 Å². The molecule has 0 bridgehead atoms. The summed E-state index contributed by atoms with van der Waals surface area (Å²) in [6.45, 7) is 6.20. The Morgan fingerprint density at radius 1 is 1.43 bits per heavy atom. The van der Waals surface area contributed by atoms with Crippen molar-refractivity contribution in [2.75, 3.05) is 19.6 Å². The van der Waals surface area contributed by atoms with Gasteiger partial charge in [-0.15, -0.1) is 0 Å². The van der Waals surface area contributed by atoms with Crippen LogP contribution >= 0.6 is 0 Å². The largest absolute Gasteiger partial charge is 0.480 e. The number of rotatable bonds is 6. The summed E-state index contributed by atoms with van der Waals surface area (Å²) >= 11 is 0. The van der Waals surface area contributed by atoms with Crippen molar-refractivity contribution in [1.82, 2.24) is 15.1 Å². The fourth-order valence-corrected chi connectivity index (χ4v) is 2.33. The molecule has 1 aliphatic heterocycles. The van der Waals surface area contributed by atoms with E-state index in [1.54, 1.807) is 4.90 Å². The van der Waals surface area contributed by atoms with Gasteiger partial charge in [-0.3, -0.25) is 9.69 Å². The van der Waals surface area contributed by atoms with Crippen molar-refractivity contribution in [2.45, 2.75) is 52.1 Å². The van der Waals surface area contributed by atoms with Crippen LogP contribution in [0, 0.1) is 0 Å². The molecular weight excluding hydrogens is 274 g/mol. The maximum atomic E-state index is 12.6. The molecule has 1 unspecified atom stereocenters. The summed E-state index contributed by atoms with van der Waals surface area (Å²) in [6.07, 6.45) is 2.93. The number of urea groups is 1. The lowest BCUT2D eigenvalue weighted by Crippen LogP contribution is -2.62. The maximum absolute atomic E-state index is 12.6. The minimum atomic E-state index is -1.10. The van der Waals surface area contributed by atoms with Gasteiger partial charge < -0.3 is 15.3 Å². The molecule has 1 rings (SSSR count). The van der Waals surface area contributed by atoms with Crippen LogP contribution in [0.4, 0.5) is 4.79 Å². The molecular formula is C14H25N3O4. The first-order chi connectivity index (χ1) is 9.88. The predicted octanol–water partition coefficient (Wildman–Crippen LogP) is 0.892. The van der Waals surface area contributed by atoms with Gasteiger partial charge in [0.25, 0.3) is 0 Å². The van der Waals surface area contributed by atoms with Crippen molar-refractivity contribution in [3.63, 3.8) is 0 Å². The molecule has 1 fully saturated rings. The van der Waals surface area contributed by atoms with Crippen LogP contribution in [-0.4, -0.2) is 64.5 Å². The predicted molar refractivity (Wildman–Crippen MR) is 77.9 cm³/mol. The average Bonchev–Trinajstić information content (AvgIpc) is 2.42. The second kappa shape index (κ2) is 7.85. The Hall–Kier alpha value is -1.79. The van der Waals surface area contributed by atoms with Gasteiger partial charge in [-0.1, -0.05) is 19.8 Å². The molecule has 3 amide bonds. The van der Waals surface area contributed by atoms with E-state index in [1.807, 2.05) is 13.8 Å². The van der Waals surface area contributed by atoms with Crippen LogP contribution in [0.3, 0.4) is 0 Å². The zero-order valence-corrected chi connectivity index (χ0v) is 13.0. The minimum Gasteiger partial charge on any atom is -0.480 e. The molecule has 1 aliphatic rings. The van der Waals surface area contributed by atoms with Crippen molar-refractivity contribution in [3.8, 4) is 0 Å². The van der Waals surface area contributed by atoms with Gasteiger partial charge in [0.1, 0.15) is 12.6 Å². The number of hydrogen-bond donors (Lipinski definition) is 2. The van der Waals surface area contributed by atoms with Crippen LogP contribution in [0.5, 0.6) is 0 Å². The standard InChI is InChI=1S/C14H25N3O4/c1-4-5-6-7-16(10(2)3)14(21)17-9-12(18)15-8-11(17)13(19)20/h10-11H,4-9H2,1-3H3,(H,15,18)(H,19,20). The lowest BCUT2D eigenvalue weighted by Gasteiger charge is -2.38. The number of nitrogens with zero attached hydrogens (tertiary/aromatic N) is 2. The van der Waals surface area contributed by atoms with E-state index in [1.165, 1.54) is 0 Å². The second-order valence-corrected chi connectivity index (χ2v) is 5.56. The summed E-state index contributed by atoms with van der Waals surface area (Å²) in [6, 6.07) is -1.40. The third-order valence-corrected chi connectivity index (χ3v) is 3.59. The number of carboxylic acids is 1. The molecule has 2 N–H and O–H groups in total. The number of nitrogens with one attached hydrogen (secondary N) is 1. The fourth-order valence-electron chi connectivity index (χ4n) is 2.33. The molecule has 1 saturated heterocycles.